The van der Waals surface area contributed by atoms with Gasteiger partial charge >= 0.3 is 0 Å². The maximum Gasteiger partial charge on any atom is 0.261 e. The average molecular weight is 312 g/mol. The Morgan fingerprint density at radius 3 is 2.91 bits per heavy atom. The van der Waals surface area contributed by atoms with Crippen LogP contribution in [0.25, 0.3) is 11.4 Å². The van der Waals surface area contributed by atoms with Crippen molar-refractivity contribution in [3.8, 4) is 11.4 Å². The summed E-state index contributed by atoms with van der Waals surface area (Å²) >= 11 is 0. The summed E-state index contributed by atoms with van der Waals surface area (Å²) in [6.07, 6.45) is 0.630. The van der Waals surface area contributed by atoms with Crippen LogP contribution in [0.3, 0.4) is 0 Å². The zero-order valence-electron chi connectivity index (χ0n) is 13.1. The minimum absolute atomic E-state index is 0.242. The van der Waals surface area contributed by atoms with Crippen LogP contribution in [0, 0.1) is 6.92 Å². The Labute approximate surface area is 132 Å². The molecule has 1 aromatic carbocycles. The van der Waals surface area contributed by atoms with Crippen molar-refractivity contribution >= 4 is 11.6 Å². The van der Waals surface area contributed by atoms with Gasteiger partial charge in [-0.2, -0.15) is 0 Å². The molecule has 118 valence electrons. The number of amides is 1. The van der Waals surface area contributed by atoms with Crippen LogP contribution < -0.4 is 5.32 Å². The van der Waals surface area contributed by atoms with Crippen molar-refractivity contribution in [2.45, 2.75) is 20.3 Å². The quantitative estimate of drug-likeness (QED) is 0.791. The topological polar surface area (TPSA) is 98.7 Å². The second kappa shape index (κ2) is 5.99. The van der Waals surface area contributed by atoms with Gasteiger partial charge in [0.15, 0.2) is 5.82 Å². The van der Waals surface area contributed by atoms with Gasteiger partial charge in [0.25, 0.3) is 5.91 Å². The molecule has 8 nitrogen and oxygen atoms in total. The highest BCUT2D eigenvalue weighted by Crippen LogP contribution is 2.21. The highest BCUT2D eigenvalue weighted by molar-refractivity contribution is 6.05. The fourth-order valence-corrected chi connectivity index (χ4v) is 2.35. The number of hydrogen-bond acceptors (Lipinski definition) is 6. The second-order valence-electron chi connectivity index (χ2n) is 5.08. The molecule has 0 bridgehead atoms. The van der Waals surface area contributed by atoms with E-state index >= 15 is 0 Å². The SMILES string of the molecule is CCc1noc(C)c1C(=O)Nc1cccc(-c2nnnn2C)c1. The number of carbonyl (C=O) groups excluding carboxylic acids is 1. The van der Waals surface area contributed by atoms with E-state index in [-0.39, 0.29) is 5.91 Å². The molecule has 0 unspecified atom stereocenters. The van der Waals surface area contributed by atoms with Crippen LogP contribution in [0.2, 0.25) is 0 Å². The fourth-order valence-electron chi connectivity index (χ4n) is 2.35. The molecule has 0 aliphatic rings. The zero-order valence-corrected chi connectivity index (χ0v) is 13.1. The summed E-state index contributed by atoms with van der Waals surface area (Å²) in [4.78, 5) is 12.5. The number of tetrazole rings is 1. The predicted molar refractivity (Wildman–Crippen MR) is 82.8 cm³/mol. The van der Waals surface area contributed by atoms with Gasteiger partial charge in [-0.05, 0) is 35.9 Å². The maximum atomic E-state index is 12.5. The highest BCUT2D eigenvalue weighted by atomic mass is 16.5. The molecule has 1 amide bonds. The number of nitrogens with one attached hydrogen (secondary N) is 1. The standard InChI is InChI=1S/C15H16N6O2/c1-4-12-13(9(2)23-18-12)15(22)16-11-7-5-6-10(8-11)14-17-19-20-21(14)3/h5-8H,4H2,1-3H3,(H,16,22). The van der Waals surface area contributed by atoms with E-state index in [9.17, 15) is 4.79 Å². The molecule has 2 aromatic heterocycles. The van der Waals surface area contributed by atoms with Crippen molar-refractivity contribution in [2.24, 2.45) is 7.05 Å². The molecule has 1 N–H and O–H groups in total. The number of nitrogens with zero attached hydrogens (tertiary/aromatic N) is 5. The number of hydrogen-bond donors (Lipinski definition) is 1. The first-order chi connectivity index (χ1) is 11.1. The van der Waals surface area contributed by atoms with Crippen LogP contribution in [-0.4, -0.2) is 31.3 Å². The van der Waals surface area contributed by atoms with Gasteiger partial charge in [0.05, 0.1) is 5.69 Å². The monoisotopic (exact) mass is 312 g/mol. The molecule has 23 heavy (non-hydrogen) atoms. The Bertz CT molecular complexity index is 851. The average Bonchev–Trinajstić information content (AvgIpc) is 3.13. The van der Waals surface area contributed by atoms with Crippen molar-refractivity contribution in [3.63, 3.8) is 0 Å². The number of aryl methyl sites for hydroxylation is 3. The van der Waals surface area contributed by atoms with Crippen molar-refractivity contribution in [2.75, 3.05) is 5.32 Å². The summed E-state index contributed by atoms with van der Waals surface area (Å²) in [5.74, 6) is 0.887. The smallest absolute Gasteiger partial charge is 0.261 e. The van der Waals surface area contributed by atoms with E-state index in [0.717, 1.165) is 5.56 Å². The normalized spacial score (nSPS) is 10.7. The van der Waals surface area contributed by atoms with E-state index in [0.29, 0.717) is 35.0 Å². The van der Waals surface area contributed by atoms with Crippen LogP contribution in [0.15, 0.2) is 28.8 Å². The second-order valence-corrected chi connectivity index (χ2v) is 5.08. The lowest BCUT2D eigenvalue weighted by Crippen LogP contribution is -2.14. The van der Waals surface area contributed by atoms with E-state index in [1.165, 1.54) is 0 Å². The lowest BCUT2D eigenvalue weighted by atomic mass is 10.1. The van der Waals surface area contributed by atoms with Crippen LogP contribution in [0.4, 0.5) is 5.69 Å². The van der Waals surface area contributed by atoms with Crippen molar-refractivity contribution < 1.29 is 9.32 Å². The molecule has 0 fully saturated rings. The predicted octanol–water partition coefficient (Wildman–Crippen LogP) is 1.99. The molecule has 0 saturated heterocycles. The zero-order chi connectivity index (χ0) is 16.4. The molecule has 0 radical (unpaired) electrons. The number of aromatic nitrogens is 5. The van der Waals surface area contributed by atoms with Crippen LogP contribution in [0.1, 0.15) is 28.7 Å². The molecular weight excluding hydrogens is 296 g/mol. The third kappa shape index (κ3) is 2.83. The Balaban J connectivity index is 1.87. The van der Waals surface area contributed by atoms with Gasteiger partial charge in [-0.25, -0.2) is 4.68 Å². The van der Waals surface area contributed by atoms with Gasteiger partial charge in [-0.15, -0.1) is 5.10 Å². The lowest BCUT2D eigenvalue weighted by molar-refractivity contribution is 0.102. The maximum absolute atomic E-state index is 12.5. The molecular formula is C15H16N6O2. The summed E-state index contributed by atoms with van der Waals surface area (Å²) in [6.45, 7) is 3.65. The summed E-state index contributed by atoms with van der Waals surface area (Å²) in [5.41, 5.74) is 2.60. The van der Waals surface area contributed by atoms with Crippen LogP contribution >= 0.6 is 0 Å². The Morgan fingerprint density at radius 1 is 1.39 bits per heavy atom. The summed E-state index contributed by atoms with van der Waals surface area (Å²) in [5, 5.41) is 18.2. The summed E-state index contributed by atoms with van der Waals surface area (Å²) in [6, 6.07) is 7.34. The van der Waals surface area contributed by atoms with E-state index in [1.54, 1.807) is 24.7 Å². The number of carbonyl (C=O) groups is 1. The van der Waals surface area contributed by atoms with E-state index < -0.39 is 0 Å². The molecule has 0 aliphatic carbocycles. The molecule has 0 aliphatic heterocycles. The minimum atomic E-state index is -0.242. The van der Waals surface area contributed by atoms with Gasteiger partial charge in [0.1, 0.15) is 11.3 Å². The first-order valence-electron chi connectivity index (χ1n) is 7.19. The Hall–Kier alpha value is -3.03. The first-order valence-corrected chi connectivity index (χ1v) is 7.19. The van der Waals surface area contributed by atoms with Crippen molar-refractivity contribution in [3.05, 3.63) is 41.3 Å². The summed E-state index contributed by atoms with van der Waals surface area (Å²) < 4.78 is 6.67. The highest BCUT2D eigenvalue weighted by Gasteiger charge is 2.19. The van der Waals surface area contributed by atoms with Gasteiger partial charge in [0, 0.05) is 18.3 Å². The van der Waals surface area contributed by atoms with E-state index in [2.05, 4.69) is 26.0 Å². The van der Waals surface area contributed by atoms with Crippen molar-refractivity contribution in [1.82, 2.24) is 25.4 Å². The molecule has 3 rings (SSSR count). The van der Waals surface area contributed by atoms with E-state index in [4.69, 9.17) is 4.52 Å². The summed E-state index contributed by atoms with van der Waals surface area (Å²) in [7, 11) is 1.76. The first kappa shape index (κ1) is 14.9. The minimum Gasteiger partial charge on any atom is -0.361 e. The van der Waals surface area contributed by atoms with Crippen LogP contribution in [-0.2, 0) is 13.5 Å². The van der Waals surface area contributed by atoms with Gasteiger partial charge in [0.2, 0.25) is 0 Å². The third-order valence-corrected chi connectivity index (χ3v) is 3.49. The van der Waals surface area contributed by atoms with E-state index in [1.807, 2.05) is 25.1 Å². The number of rotatable bonds is 4. The molecule has 3 aromatic rings. The Kier molecular flexibility index (Phi) is 3.88. The van der Waals surface area contributed by atoms with Crippen LogP contribution in [0.5, 0.6) is 0 Å². The molecule has 8 heteroatoms. The number of benzene rings is 1. The molecule has 0 spiro atoms. The van der Waals surface area contributed by atoms with Gasteiger partial charge in [-0.3, -0.25) is 4.79 Å². The largest absolute Gasteiger partial charge is 0.361 e. The Morgan fingerprint density at radius 2 is 2.22 bits per heavy atom. The lowest BCUT2D eigenvalue weighted by Gasteiger charge is -2.07. The third-order valence-electron chi connectivity index (χ3n) is 3.49. The molecule has 0 saturated carbocycles. The fraction of sp³-hybridized carbons (Fsp3) is 0.267. The number of anilines is 1. The van der Waals surface area contributed by atoms with Gasteiger partial charge < -0.3 is 9.84 Å². The molecule has 0 atom stereocenters. The van der Waals surface area contributed by atoms with Crippen molar-refractivity contribution in [1.29, 1.82) is 0 Å². The van der Waals surface area contributed by atoms with Gasteiger partial charge in [-0.1, -0.05) is 24.2 Å². The molecule has 2 heterocycles.